The summed E-state index contributed by atoms with van der Waals surface area (Å²) in [6.45, 7) is 3.63. The largest absolute Gasteiger partial charge is 0.353 e. The van der Waals surface area contributed by atoms with Gasteiger partial charge in [0.25, 0.3) is 0 Å². The highest BCUT2D eigenvalue weighted by Gasteiger charge is 2.38. The van der Waals surface area contributed by atoms with Crippen LogP contribution in [0.3, 0.4) is 0 Å². The molecular formula is C23H33N3O2. The zero-order chi connectivity index (χ0) is 19.3. The Kier molecular flexibility index (Phi) is 6.30. The smallest absolute Gasteiger partial charge is 0.225 e. The zero-order valence-electron chi connectivity index (χ0n) is 16.8. The standard InChI is InChI=1S/C23H33N3O2/c27-22-15-19(17-26(22)21-9-5-2-6-10-21)23(28)24-20-11-13-25(14-12-20)16-18-7-3-1-4-8-18/h1,3-4,7-8,19-21H,2,5-6,9-17H2,(H,24,28)/t19-/m1/s1. The van der Waals surface area contributed by atoms with Gasteiger partial charge in [-0.15, -0.1) is 0 Å². The van der Waals surface area contributed by atoms with Gasteiger partial charge in [-0.1, -0.05) is 49.6 Å². The molecule has 152 valence electrons. The van der Waals surface area contributed by atoms with Crippen molar-refractivity contribution >= 4 is 11.8 Å². The van der Waals surface area contributed by atoms with Crippen molar-refractivity contribution in [3.05, 3.63) is 35.9 Å². The number of hydrogen-bond donors (Lipinski definition) is 1. The van der Waals surface area contributed by atoms with E-state index in [1.165, 1.54) is 24.8 Å². The number of carbonyl (C=O) groups excluding carboxylic acids is 2. The predicted octanol–water partition coefficient (Wildman–Crippen LogP) is 2.95. The third-order valence-corrected chi connectivity index (χ3v) is 6.73. The van der Waals surface area contributed by atoms with Crippen LogP contribution < -0.4 is 5.32 Å². The van der Waals surface area contributed by atoms with Crippen LogP contribution in [0.25, 0.3) is 0 Å². The molecule has 1 aliphatic carbocycles. The molecule has 3 aliphatic rings. The Labute approximate surface area is 168 Å². The van der Waals surface area contributed by atoms with Crippen LogP contribution in [0.15, 0.2) is 30.3 Å². The van der Waals surface area contributed by atoms with E-state index in [1.807, 2.05) is 4.90 Å². The molecule has 0 radical (unpaired) electrons. The molecule has 0 unspecified atom stereocenters. The summed E-state index contributed by atoms with van der Waals surface area (Å²) in [7, 11) is 0. The van der Waals surface area contributed by atoms with Crippen molar-refractivity contribution in [1.29, 1.82) is 0 Å². The highest BCUT2D eigenvalue weighted by atomic mass is 16.2. The minimum Gasteiger partial charge on any atom is -0.353 e. The number of likely N-dealkylation sites (tertiary alicyclic amines) is 2. The summed E-state index contributed by atoms with van der Waals surface area (Å²) >= 11 is 0. The van der Waals surface area contributed by atoms with Gasteiger partial charge in [-0.2, -0.15) is 0 Å². The maximum absolute atomic E-state index is 12.8. The summed E-state index contributed by atoms with van der Waals surface area (Å²) in [5, 5.41) is 3.24. The fraction of sp³-hybridized carbons (Fsp3) is 0.652. The van der Waals surface area contributed by atoms with E-state index >= 15 is 0 Å². The molecule has 1 atom stereocenters. The van der Waals surface area contributed by atoms with Gasteiger partial charge < -0.3 is 10.2 Å². The molecule has 2 heterocycles. The van der Waals surface area contributed by atoms with Gasteiger partial charge in [0.05, 0.1) is 5.92 Å². The van der Waals surface area contributed by atoms with Crippen LogP contribution in [-0.4, -0.2) is 53.3 Å². The Bertz CT molecular complexity index is 664. The van der Waals surface area contributed by atoms with E-state index in [0.29, 0.717) is 19.0 Å². The van der Waals surface area contributed by atoms with E-state index in [4.69, 9.17) is 0 Å². The SMILES string of the molecule is O=C(NC1CCN(Cc2ccccc2)CC1)[C@@H]1CC(=O)N(C2CCCCC2)C1. The van der Waals surface area contributed by atoms with Crippen LogP contribution in [0.4, 0.5) is 0 Å². The Balaban J connectivity index is 1.22. The summed E-state index contributed by atoms with van der Waals surface area (Å²) in [4.78, 5) is 29.7. The first-order chi connectivity index (χ1) is 13.7. The molecule has 1 aromatic carbocycles. The van der Waals surface area contributed by atoms with Gasteiger partial charge in [0, 0.05) is 44.7 Å². The Morgan fingerprint density at radius 3 is 2.43 bits per heavy atom. The number of nitrogens with one attached hydrogen (secondary N) is 1. The van der Waals surface area contributed by atoms with E-state index in [1.54, 1.807) is 0 Å². The first-order valence-electron chi connectivity index (χ1n) is 11.0. The van der Waals surface area contributed by atoms with Gasteiger partial charge in [-0.3, -0.25) is 14.5 Å². The van der Waals surface area contributed by atoms with E-state index in [0.717, 1.165) is 45.3 Å². The highest BCUT2D eigenvalue weighted by molar-refractivity contribution is 5.89. The monoisotopic (exact) mass is 383 g/mol. The minimum atomic E-state index is -0.156. The molecule has 3 fully saturated rings. The lowest BCUT2D eigenvalue weighted by Gasteiger charge is -2.33. The molecular weight excluding hydrogens is 350 g/mol. The molecule has 2 amide bonds. The van der Waals surface area contributed by atoms with Crippen LogP contribution in [0.5, 0.6) is 0 Å². The molecule has 1 N–H and O–H groups in total. The molecule has 0 spiro atoms. The third kappa shape index (κ3) is 4.75. The van der Waals surface area contributed by atoms with Gasteiger partial charge in [0.1, 0.15) is 0 Å². The maximum atomic E-state index is 12.8. The molecule has 5 heteroatoms. The second-order valence-electron chi connectivity index (χ2n) is 8.78. The van der Waals surface area contributed by atoms with Crippen molar-refractivity contribution in [3.8, 4) is 0 Å². The van der Waals surface area contributed by atoms with Crippen LogP contribution >= 0.6 is 0 Å². The Hall–Kier alpha value is -1.88. The number of benzene rings is 1. The lowest BCUT2D eigenvalue weighted by molar-refractivity contribution is -0.130. The van der Waals surface area contributed by atoms with E-state index < -0.39 is 0 Å². The number of carbonyl (C=O) groups is 2. The van der Waals surface area contributed by atoms with Crippen molar-refractivity contribution in [3.63, 3.8) is 0 Å². The van der Waals surface area contributed by atoms with Gasteiger partial charge in [0.15, 0.2) is 0 Å². The van der Waals surface area contributed by atoms with Crippen molar-refractivity contribution in [2.24, 2.45) is 5.92 Å². The molecule has 1 aromatic rings. The van der Waals surface area contributed by atoms with E-state index in [-0.39, 0.29) is 23.8 Å². The second kappa shape index (κ2) is 9.08. The number of amides is 2. The molecule has 0 aromatic heterocycles. The zero-order valence-corrected chi connectivity index (χ0v) is 16.8. The lowest BCUT2D eigenvalue weighted by atomic mass is 9.94. The van der Waals surface area contributed by atoms with E-state index in [2.05, 4.69) is 40.5 Å². The minimum absolute atomic E-state index is 0.0909. The van der Waals surface area contributed by atoms with Gasteiger partial charge in [-0.25, -0.2) is 0 Å². The molecule has 5 nitrogen and oxygen atoms in total. The summed E-state index contributed by atoms with van der Waals surface area (Å²) in [6.07, 6.45) is 8.32. The van der Waals surface area contributed by atoms with Gasteiger partial charge >= 0.3 is 0 Å². The summed E-state index contributed by atoms with van der Waals surface area (Å²) < 4.78 is 0. The van der Waals surface area contributed by atoms with Crippen LogP contribution in [0.2, 0.25) is 0 Å². The topological polar surface area (TPSA) is 52.7 Å². The van der Waals surface area contributed by atoms with Crippen LogP contribution in [0, 0.1) is 5.92 Å². The number of nitrogens with zero attached hydrogens (tertiary/aromatic N) is 2. The third-order valence-electron chi connectivity index (χ3n) is 6.73. The fourth-order valence-corrected chi connectivity index (χ4v) is 5.05. The molecule has 1 saturated carbocycles. The predicted molar refractivity (Wildman–Crippen MR) is 110 cm³/mol. The Morgan fingerprint density at radius 2 is 1.71 bits per heavy atom. The first kappa shape index (κ1) is 19.4. The Morgan fingerprint density at radius 1 is 1.00 bits per heavy atom. The number of piperidine rings is 1. The molecule has 2 aliphatic heterocycles. The molecule has 2 saturated heterocycles. The van der Waals surface area contributed by atoms with Crippen LogP contribution in [-0.2, 0) is 16.1 Å². The highest BCUT2D eigenvalue weighted by Crippen LogP contribution is 2.29. The lowest BCUT2D eigenvalue weighted by Crippen LogP contribution is -2.46. The average Bonchev–Trinajstić information content (AvgIpc) is 3.13. The summed E-state index contributed by atoms with van der Waals surface area (Å²) in [5.74, 6) is 0.120. The normalized spacial score (nSPS) is 25.2. The number of rotatable bonds is 5. The van der Waals surface area contributed by atoms with E-state index in [9.17, 15) is 9.59 Å². The van der Waals surface area contributed by atoms with Crippen molar-refractivity contribution in [1.82, 2.24) is 15.1 Å². The quantitative estimate of drug-likeness (QED) is 0.851. The summed E-state index contributed by atoms with van der Waals surface area (Å²) in [6, 6.07) is 11.2. The number of hydrogen-bond acceptors (Lipinski definition) is 3. The maximum Gasteiger partial charge on any atom is 0.225 e. The molecule has 4 rings (SSSR count). The van der Waals surface area contributed by atoms with Crippen molar-refractivity contribution in [2.45, 2.75) is 70.0 Å². The second-order valence-corrected chi connectivity index (χ2v) is 8.78. The van der Waals surface area contributed by atoms with Crippen molar-refractivity contribution in [2.75, 3.05) is 19.6 Å². The van der Waals surface area contributed by atoms with Gasteiger partial charge in [0.2, 0.25) is 11.8 Å². The van der Waals surface area contributed by atoms with Crippen LogP contribution in [0.1, 0.15) is 56.9 Å². The molecule has 28 heavy (non-hydrogen) atoms. The van der Waals surface area contributed by atoms with Gasteiger partial charge in [-0.05, 0) is 31.2 Å². The first-order valence-corrected chi connectivity index (χ1v) is 11.0. The summed E-state index contributed by atoms with van der Waals surface area (Å²) in [5.41, 5.74) is 1.34. The molecule has 0 bridgehead atoms. The average molecular weight is 384 g/mol. The van der Waals surface area contributed by atoms with Crippen molar-refractivity contribution < 1.29 is 9.59 Å². The fourth-order valence-electron chi connectivity index (χ4n) is 5.05.